The van der Waals surface area contributed by atoms with Crippen LogP contribution in [0, 0.1) is 0 Å². The molecular formula is C26H33F3N6O3. The molecule has 2 aromatic heterocycles. The van der Waals surface area contributed by atoms with Crippen LogP contribution in [0.5, 0.6) is 5.75 Å². The average Bonchev–Trinajstić information content (AvgIpc) is 3.30. The number of nitrogens with one attached hydrogen (secondary N) is 1. The van der Waals surface area contributed by atoms with Crippen LogP contribution < -0.4 is 15.0 Å². The van der Waals surface area contributed by atoms with Gasteiger partial charge in [-0.05, 0) is 71.2 Å². The Labute approximate surface area is 219 Å². The lowest BCUT2D eigenvalue weighted by molar-refractivity contribution is -0.0498. The van der Waals surface area contributed by atoms with E-state index in [1.165, 1.54) is 37.1 Å². The average molecular weight is 535 g/mol. The van der Waals surface area contributed by atoms with E-state index in [1.54, 1.807) is 18.2 Å². The second kappa shape index (κ2) is 12.2. The van der Waals surface area contributed by atoms with Crippen molar-refractivity contribution < 1.29 is 27.2 Å². The highest BCUT2D eigenvalue weighted by Gasteiger charge is 2.26. The molecule has 9 nitrogen and oxygen atoms in total. The molecule has 0 radical (unpaired) electrons. The Hall–Kier alpha value is -3.70. The molecule has 0 saturated carbocycles. The van der Waals surface area contributed by atoms with Crippen LogP contribution in [-0.2, 0) is 12.1 Å². The maximum Gasteiger partial charge on any atom is 0.387 e. The lowest BCUT2D eigenvalue weighted by atomic mass is 10.1. The largest absolute Gasteiger partial charge is 0.435 e. The van der Waals surface area contributed by atoms with Crippen LogP contribution in [0.2, 0.25) is 0 Å². The first kappa shape index (κ1) is 28.9. The molecule has 2 amide bonds. The minimum atomic E-state index is -2.91. The summed E-state index contributed by atoms with van der Waals surface area (Å²) in [6.07, 6.45) is 4.18. The van der Waals surface area contributed by atoms with Gasteiger partial charge in [-0.3, -0.25) is 4.90 Å². The van der Waals surface area contributed by atoms with E-state index < -0.39 is 17.8 Å². The van der Waals surface area contributed by atoms with E-state index in [2.05, 4.69) is 30.4 Å². The van der Waals surface area contributed by atoms with Crippen LogP contribution >= 0.6 is 0 Å². The summed E-state index contributed by atoms with van der Waals surface area (Å²) in [5.41, 5.74) is -0.795. The standard InChI is InChI=1S/C26H33F3N6O3/c1-25(2,3)32-24(36)35(14-8-6-7-9-20-31-22(38-34-20)26(4,5)29)21-15-18(16-30-33-21)17-10-12-19(13-11-17)37-23(27)28/h10-13,15-16,23H,6-9,14H2,1-5H3,(H,32,36). The van der Waals surface area contributed by atoms with E-state index >= 15 is 0 Å². The van der Waals surface area contributed by atoms with Crippen molar-refractivity contribution in [3.05, 3.63) is 48.2 Å². The van der Waals surface area contributed by atoms with Crippen molar-refractivity contribution in [1.82, 2.24) is 25.7 Å². The maximum absolute atomic E-state index is 13.9. The summed E-state index contributed by atoms with van der Waals surface area (Å²) in [7, 11) is 0. The van der Waals surface area contributed by atoms with E-state index in [1.807, 2.05) is 20.8 Å². The topological polar surface area (TPSA) is 106 Å². The fourth-order valence-corrected chi connectivity index (χ4v) is 3.51. The van der Waals surface area contributed by atoms with E-state index in [0.717, 1.165) is 12.8 Å². The van der Waals surface area contributed by atoms with E-state index in [0.29, 0.717) is 42.2 Å². The van der Waals surface area contributed by atoms with Gasteiger partial charge in [-0.2, -0.15) is 18.9 Å². The summed E-state index contributed by atoms with van der Waals surface area (Å²) in [5, 5.41) is 15.0. The highest BCUT2D eigenvalue weighted by atomic mass is 19.3. The number of amides is 2. The molecule has 1 aromatic carbocycles. The number of urea groups is 1. The molecule has 0 aliphatic rings. The number of halogens is 3. The zero-order valence-corrected chi connectivity index (χ0v) is 22.2. The zero-order valence-electron chi connectivity index (χ0n) is 22.2. The number of unbranched alkanes of at least 4 members (excludes halogenated alkanes) is 2. The Morgan fingerprint density at radius 3 is 2.39 bits per heavy atom. The van der Waals surface area contributed by atoms with Crippen LogP contribution in [0.25, 0.3) is 11.1 Å². The van der Waals surface area contributed by atoms with Gasteiger partial charge in [-0.25, -0.2) is 9.18 Å². The molecule has 1 N–H and O–H groups in total. The Bertz CT molecular complexity index is 1190. The quantitative estimate of drug-likeness (QED) is 0.298. The number of nitrogens with zero attached hydrogens (tertiary/aromatic N) is 5. The molecule has 0 unspecified atom stereocenters. The van der Waals surface area contributed by atoms with Crippen molar-refractivity contribution in [2.45, 2.75) is 78.1 Å². The lowest BCUT2D eigenvalue weighted by Crippen LogP contribution is -2.49. The van der Waals surface area contributed by atoms with Gasteiger partial charge in [0.05, 0.1) is 6.20 Å². The summed E-state index contributed by atoms with van der Waals surface area (Å²) >= 11 is 0. The normalized spacial score (nSPS) is 12.0. The number of ether oxygens (including phenoxy) is 1. The van der Waals surface area contributed by atoms with Gasteiger partial charge in [0.15, 0.2) is 17.3 Å². The Morgan fingerprint density at radius 1 is 1.08 bits per heavy atom. The molecule has 0 aliphatic heterocycles. The number of carbonyl (C=O) groups excluding carboxylic acids is 1. The third-order valence-corrected chi connectivity index (χ3v) is 5.32. The van der Waals surface area contributed by atoms with Crippen LogP contribution in [-0.4, -0.2) is 45.1 Å². The minimum absolute atomic E-state index is 0.0441. The van der Waals surface area contributed by atoms with Crippen molar-refractivity contribution in [2.24, 2.45) is 0 Å². The van der Waals surface area contributed by atoms with Crippen LogP contribution in [0.3, 0.4) is 0 Å². The minimum Gasteiger partial charge on any atom is -0.435 e. The predicted molar refractivity (Wildman–Crippen MR) is 136 cm³/mol. The Balaban J connectivity index is 1.68. The van der Waals surface area contributed by atoms with Crippen molar-refractivity contribution in [3.8, 4) is 16.9 Å². The third kappa shape index (κ3) is 8.70. The summed E-state index contributed by atoms with van der Waals surface area (Å²) < 4.78 is 48.2. The molecule has 0 saturated heterocycles. The molecule has 0 fully saturated rings. The van der Waals surface area contributed by atoms with Gasteiger partial charge in [0.1, 0.15) is 5.75 Å². The number of hydrogen-bond acceptors (Lipinski definition) is 7. The molecule has 2 heterocycles. The SMILES string of the molecule is CC(C)(C)NC(=O)N(CCCCCc1noc(C(C)(C)F)n1)c1cc(-c2ccc(OC(F)F)cc2)cnn1. The number of rotatable bonds is 11. The van der Waals surface area contributed by atoms with Crippen LogP contribution in [0.15, 0.2) is 41.1 Å². The number of benzene rings is 1. The van der Waals surface area contributed by atoms with E-state index in [9.17, 15) is 18.0 Å². The van der Waals surface area contributed by atoms with Gasteiger partial charge in [0.25, 0.3) is 5.89 Å². The smallest absolute Gasteiger partial charge is 0.387 e. The molecule has 0 bridgehead atoms. The summed E-state index contributed by atoms with van der Waals surface area (Å²) in [5.74, 6) is 0.788. The van der Waals surface area contributed by atoms with Crippen molar-refractivity contribution in [3.63, 3.8) is 0 Å². The zero-order chi connectivity index (χ0) is 27.9. The van der Waals surface area contributed by atoms with Gasteiger partial charge >= 0.3 is 12.6 Å². The van der Waals surface area contributed by atoms with Crippen molar-refractivity contribution >= 4 is 11.8 Å². The molecule has 0 aliphatic carbocycles. The number of aromatic nitrogens is 4. The molecule has 38 heavy (non-hydrogen) atoms. The molecule has 3 rings (SSSR count). The van der Waals surface area contributed by atoms with Crippen molar-refractivity contribution in [2.75, 3.05) is 11.4 Å². The van der Waals surface area contributed by atoms with Gasteiger partial charge in [-0.15, -0.1) is 5.10 Å². The molecule has 3 aromatic rings. The molecule has 206 valence electrons. The highest BCUT2D eigenvalue weighted by Crippen LogP contribution is 2.26. The van der Waals surface area contributed by atoms with Crippen molar-refractivity contribution in [1.29, 1.82) is 0 Å². The molecule has 0 spiro atoms. The molecular weight excluding hydrogens is 501 g/mol. The fourth-order valence-electron chi connectivity index (χ4n) is 3.51. The number of alkyl halides is 3. The second-order valence-corrected chi connectivity index (χ2v) is 10.3. The number of carbonyl (C=O) groups is 1. The number of aryl methyl sites for hydroxylation is 1. The third-order valence-electron chi connectivity index (χ3n) is 5.32. The van der Waals surface area contributed by atoms with E-state index in [4.69, 9.17) is 4.52 Å². The first-order valence-corrected chi connectivity index (χ1v) is 12.3. The molecule has 0 atom stereocenters. The lowest BCUT2D eigenvalue weighted by Gasteiger charge is -2.27. The summed E-state index contributed by atoms with van der Waals surface area (Å²) in [6.45, 7) is 5.82. The van der Waals surface area contributed by atoms with Crippen LogP contribution in [0.4, 0.5) is 23.8 Å². The number of anilines is 1. The monoisotopic (exact) mass is 534 g/mol. The van der Waals surface area contributed by atoms with Crippen LogP contribution in [0.1, 0.15) is 65.6 Å². The molecule has 12 heteroatoms. The fraction of sp³-hybridized carbons (Fsp3) is 0.500. The van der Waals surface area contributed by atoms with E-state index in [-0.39, 0.29) is 17.7 Å². The predicted octanol–water partition coefficient (Wildman–Crippen LogP) is 6.06. The number of hydrogen-bond donors (Lipinski definition) is 1. The second-order valence-electron chi connectivity index (χ2n) is 10.3. The Morgan fingerprint density at radius 2 is 1.79 bits per heavy atom. The summed E-state index contributed by atoms with van der Waals surface area (Å²) in [4.78, 5) is 18.7. The van der Waals surface area contributed by atoms with Gasteiger partial charge in [-0.1, -0.05) is 23.7 Å². The maximum atomic E-state index is 13.9. The van der Waals surface area contributed by atoms with Gasteiger partial charge < -0.3 is 14.6 Å². The van der Waals surface area contributed by atoms with Gasteiger partial charge in [0.2, 0.25) is 0 Å². The summed E-state index contributed by atoms with van der Waals surface area (Å²) in [6, 6.07) is 7.53. The first-order chi connectivity index (χ1) is 17.8. The Kier molecular flexibility index (Phi) is 9.29. The highest BCUT2D eigenvalue weighted by molar-refractivity contribution is 5.91. The first-order valence-electron chi connectivity index (χ1n) is 12.3. The van der Waals surface area contributed by atoms with Gasteiger partial charge in [0, 0.05) is 24.1 Å².